The summed E-state index contributed by atoms with van der Waals surface area (Å²) in [5, 5.41) is 13.9. The first-order chi connectivity index (χ1) is 8.43. The largest absolute Gasteiger partial charge is 0.377 e. The standard InChI is InChI=1S/C13H19FN2O2/c1-4-9(2)7-10(3)15-12-6-5-11(14)8-13(12)16(17)18/h5-6,8-10,15H,4,7H2,1-3H3. The van der Waals surface area contributed by atoms with Crippen molar-refractivity contribution in [2.75, 3.05) is 5.32 Å². The van der Waals surface area contributed by atoms with Crippen LogP contribution in [-0.2, 0) is 0 Å². The highest BCUT2D eigenvalue weighted by Crippen LogP contribution is 2.26. The van der Waals surface area contributed by atoms with E-state index in [1.54, 1.807) is 0 Å². The molecule has 0 aliphatic carbocycles. The smallest absolute Gasteiger partial charge is 0.295 e. The first-order valence-electron chi connectivity index (χ1n) is 6.14. The van der Waals surface area contributed by atoms with Gasteiger partial charge < -0.3 is 5.32 Å². The Morgan fingerprint density at radius 2 is 2.11 bits per heavy atom. The molecule has 0 spiro atoms. The van der Waals surface area contributed by atoms with E-state index in [4.69, 9.17) is 0 Å². The van der Waals surface area contributed by atoms with Gasteiger partial charge in [-0.15, -0.1) is 0 Å². The number of nitro groups is 1. The van der Waals surface area contributed by atoms with Crippen molar-refractivity contribution >= 4 is 11.4 Å². The molecule has 1 aromatic carbocycles. The second-order valence-corrected chi connectivity index (χ2v) is 4.71. The highest BCUT2D eigenvalue weighted by molar-refractivity contribution is 5.61. The van der Waals surface area contributed by atoms with Gasteiger partial charge in [-0.1, -0.05) is 20.3 Å². The summed E-state index contributed by atoms with van der Waals surface area (Å²) in [4.78, 5) is 10.3. The third-order valence-electron chi connectivity index (χ3n) is 3.01. The zero-order valence-corrected chi connectivity index (χ0v) is 10.9. The molecule has 0 bridgehead atoms. The highest BCUT2D eigenvalue weighted by atomic mass is 19.1. The predicted molar refractivity (Wildman–Crippen MR) is 70.2 cm³/mol. The van der Waals surface area contributed by atoms with Crippen molar-refractivity contribution in [2.24, 2.45) is 5.92 Å². The molecule has 0 aromatic heterocycles. The van der Waals surface area contributed by atoms with Crippen LogP contribution in [0.1, 0.15) is 33.6 Å². The average Bonchev–Trinajstić information content (AvgIpc) is 2.30. The fraction of sp³-hybridized carbons (Fsp3) is 0.538. The quantitative estimate of drug-likeness (QED) is 0.617. The Hall–Kier alpha value is -1.65. The van der Waals surface area contributed by atoms with Crippen LogP contribution in [-0.4, -0.2) is 11.0 Å². The van der Waals surface area contributed by atoms with Gasteiger partial charge in [-0.05, 0) is 31.4 Å². The molecule has 0 aliphatic rings. The summed E-state index contributed by atoms with van der Waals surface area (Å²) >= 11 is 0. The Bertz CT molecular complexity index is 423. The molecular weight excluding hydrogens is 235 g/mol. The zero-order chi connectivity index (χ0) is 13.7. The van der Waals surface area contributed by atoms with E-state index in [-0.39, 0.29) is 11.7 Å². The van der Waals surface area contributed by atoms with Gasteiger partial charge in [0.25, 0.3) is 5.69 Å². The molecule has 4 nitrogen and oxygen atoms in total. The van der Waals surface area contributed by atoms with Crippen molar-refractivity contribution in [1.82, 2.24) is 0 Å². The molecule has 0 aliphatic heterocycles. The molecule has 1 N–H and O–H groups in total. The minimum atomic E-state index is -0.596. The molecule has 18 heavy (non-hydrogen) atoms. The molecule has 0 saturated carbocycles. The first kappa shape index (κ1) is 14.4. The lowest BCUT2D eigenvalue weighted by atomic mass is 10.00. The van der Waals surface area contributed by atoms with Gasteiger partial charge in [0.2, 0.25) is 0 Å². The summed E-state index contributed by atoms with van der Waals surface area (Å²) in [6.07, 6.45) is 1.99. The van der Waals surface area contributed by atoms with Crippen LogP contribution >= 0.6 is 0 Å². The number of hydrogen-bond donors (Lipinski definition) is 1. The summed E-state index contributed by atoms with van der Waals surface area (Å²) in [6, 6.07) is 3.70. The van der Waals surface area contributed by atoms with Crippen LogP contribution < -0.4 is 5.32 Å². The lowest BCUT2D eigenvalue weighted by Gasteiger charge is -2.18. The van der Waals surface area contributed by atoms with Gasteiger partial charge in [-0.3, -0.25) is 10.1 Å². The van der Waals surface area contributed by atoms with E-state index in [1.165, 1.54) is 12.1 Å². The van der Waals surface area contributed by atoms with Crippen LogP contribution in [0.4, 0.5) is 15.8 Å². The number of hydrogen-bond acceptors (Lipinski definition) is 3. The second kappa shape index (κ2) is 6.33. The molecule has 0 heterocycles. The number of halogens is 1. The van der Waals surface area contributed by atoms with Crippen LogP contribution in [0.15, 0.2) is 18.2 Å². The van der Waals surface area contributed by atoms with E-state index in [9.17, 15) is 14.5 Å². The molecule has 0 saturated heterocycles. The molecule has 0 radical (unpaired) electrons. The minimum Gasteiger partial charge on any atom is -0.377 e. The van der Waals surface area contributed by atoms with Gasteiger partial charge in [0, 0.05) is 6.04 Å². The molecule has 2 atom stereocenters. The maximum Gasteiger partial charge on any atom is 0.295 e. The lowest BCUT2D eigenvalue weighted by molar-refractivity contribution is -0.384. The van der Waals surface area contributed by atoms with E-state index < -0.39 is 10.7 Å². The van der Waals surface area contributed by atoms with Gasteiger partial charge in [0.15, 0.2) is 0 Å². The van der Waals surface area contributed by atoms with Crippen LogP contribution in [0.5, 0.6) is 0 Å². The highest BCUT2D eigenvalue weighted by Gasteiger charge is 2.17. The van der Waals surface area contributed by atoms with Gasteiger partial charge >= 0.3 is 0 Å². The lowest BCUT2D eigenvalue weighted by Crippen LogP contribution is -2.19. The number of nitro benzene ring substituents is 1. The molecule has 1 rings (SSSR count). The van der Waals surface area contributed by atoms with Crippen LogP contribution in [0, 0.1) is 21.8 Å². The van der Waals surface area contributed by atoms with Crippen molar-refractivity contribution in [3.05, 3.63) is 34.1 Å². The summed E-state index contributed by atoms with van der Waals surface area (Å²) in [5.74, 6) is -0.0474. The van der Waals surface area contributed by atoms with Crippen molar-refractivity contribution < 1.29 is 9.31 Å². The van der Waals surface area contributed by atoms with E-state index in [1.807, 2.05) is 6.92 Å². The summed E-state index contributed by atoms with van der Waals surface area (Å²) < 4.78 is 13.0. The molecule has 0 fully saturated rings. The SMILES string of the molecule is CCC(C)CC(C)Nc1ccc(F)cc1[N+](=O)[O-]. The predicted octanol–water partition coefficient (Wildman–Crippen LogP) is 3.97. The summed E-state index contributed by atoms with van der Waals surface area (Å²) in [7, 11) is 0. The Morgan fingerprint density at radius 1 is 1.44 bits per heavy atom. The molecule has 0 amide bonds. The van der Waals surface area contributed by atoms with Crippen LogP contribution in [0.3, 0.4) is 0 Å². The van der Waals surface area contributed by atoms with Gasteiger partial charge in [-0.25, -0.2) is 4.39 Å². The van der Waals surface area contributed by atoms with Gasteiger partial charge in [0.05, 0.1) is 11.0 Å². The molecular formula is C13H19FN2O2. The Kier molecular flexibility index (Phi) is 5.07. The monoisotopic (exact) mass is 254 g/mol. The van der Waals surface area contributed by atoms with Crippen molar-refractivity contribution in [2.45, 2.75) is 39.7 Å². The molecule has 5 heteroatoms. The summed E-state index contributed by atoms with van der Waals surface area (Å²) in [5.41, 5.74) is 0.156. The van der Waals surface area contributed by atoms with Crippen LogP contribution in [0.2, 0.25) is 0 Å². The third kappa shape index (κ3) is 3.98. The number of anilines is 1. The maximum absolute atomic E-state index is 13.0. The molecule has 100 valence electrons. The molecule has 2 unspecified atom stereocenters. The summed E-state index contributed by atoms with van der Waals surface area (Å²) in [6.45, 7) is 6.22. The maximum atomic E-state index is 13.0. The van der Waals surface area contributed by atoms with Gasteiger partial charge in [-0.2, -0.15) is 0 Å². The average molecular weight is 254 g/mol. The zero-order valence-electron chi connectivity index (χ0n) is 10.9. The second-order valence-electron chi connectivity index (χ2n) is 4.71. The minimum absolute atomic E-state index is 0.115. The van der Waals surface area contributed by atoms with Crippen molar-refractivity contribution in [1.29, 1.82) is 0 Å². The Morgan fingerprint density at radius 3 is 2.67 bits per heavy atom. The fourth-order valence-electron chi connectivity index (χ4n) is 1.87. The topological polar surface area (TPSA) is 55.2 Å². The van der Waals surface area contributed by atoms with Crippen molar-refractivity contribution in [3.63, 3.8) is 0 Å². The fourth-order valence-corrected chi connectivity index (χ4v) is 1.87. The Balaban J connectivity index is 2.80. The number of nitrogens with one attached hydrogen (secondary N) is 1. The molecule has 1 aromatic rings. The van der Waals surface area contributed by atoms with Crippen LogP contribution in [0.25, 0.3) is 0 Å². The number of rotatable bonds is 6. The number of benzene rings is 1. The van der Waals surface area contributed by atoms with Gasteiger partial charge in [0.1, 0.15) is 11.5 Å². The van der Waals surface area contributed by atoms with E-state index in [0.717, 1.165) is 18.9 Å². The normalized spacial score (nSPS) is 14.0. The Labute approximate surface area is 106 Å². The number of nitrogens with zero attached hydrogens (tertiary/aromatic N) is 1. The third-order valence-corrected chi connectivity index (χ3v) is 3.01. The van der Waals surface area contributed by atoms with E-state index >= 15 is 0 Å². The van der Waals surface area contributed by atoms with E-state index in [0.29, 0.717) is 11.6 Å². The van der Waals surface area contributed by atoms with Crippen molar-refractivity contribution in [3.8, 4) is 0 Å². The first-order valence-corrected chi connectivity index (χ1v) is 6.14. The van der Waals surface area contributed by atoms with E-state index in [2.05, 4.69) is 19.2 Å².